The molecule has 0 saturated carbocycles. The molecule has 0 amide bonds. The van der Waals surface area contributed by atoms with Gasteiger partial charge in [0.15, 0.2) is 0 Å². The Hall–Kier alpha value is -3.72. The third-order valence-corrected chi connectivity index (χ3v) is 10.0. The highest BCUT2D eigenvalue weighted by Crippen LogP contribution is 2.32. The molecule has 1 saturated heterocycles. The minimum absolute atomic E-state index is 0.124. The van der Waals surface area contributed by atoms with Crippen LogP contribution in [-0.2, 0) is 25.9 Å². The minimum Gasteiger partial charge on any atom is -0.497 e. The number of rotatable bonds is 8. The molecule has 7 rings (SSSR count). The van der Waals surface area contributed by atoms with Crippen molar-refractivity contribution in [3.05, 3.63) is 99.4 Å². The number of benzene rings is 3. The molecule has 216 valence electrons. The first-order chi connectivity index (χ1) is 20.7. The van der Waals surface area contributed by atoms with E-state index in [2.05, 4.69) is 69.3 Å². The summed E-state index contributed by atoms with van der Waals surface area (Å²) in [7, 11) is 1.70. The van der Waals surface area contributed by atoms with Crippen molar-refractivity contribution in [3.63, 3.8) is 0 Å². The second-order valence-corrected chi connectivity index (χ2v) is 12.5. The van der Waals surface area contributed by atoms with Crippen molar-refractivity contribution in [3.8, 4) is 5.75 Å². The smallest absolute Gasteiger partial charge is 0.262 e. The number of hydrogen-bond donors (Lipinski definition) is 0. The predicted molar refractivity (Wildman–Crippen MR) is 172 cm³/mol. The van der Waals surface area contributed by atoms with Crippen molar-refractivity contribution in [1.82, 2.24) is 19.4 Å². The van der Waals surface area contributed by atoms with E-state index in [1.165, 1.54) is 32.5 Å². The van der Waals surface area contributed by atoms with Gasteiger partial charge in [0.05, 0.1) is 18.8 Å². The fourth-order valence-electron chi connectivity index (χ4n) is 6.45. The summed E-state index contributed by atoms with van der Waals surface area (Å²) in [6, 6.07) is 23.5. The zero-order chi connectivity index (χ0) is 28.5. The van der Waals surface area contributed by atoms with Gasteiger partial charge in [-0.3, -0.25) is 19.2 Å². The van der Waals surface area contributed by atoms with E-state index >= 15 is 0 Å². The van der Waals surface area contributed by atoms with E-state index in [9.17, 15) is 4.79 Å². The Kier molecular flexibility index (Phi) is 7.67. The van der Waals surface area contributed by atoms with Crippen LogP contribution in [0.1, 0.15) is 16.0 Å². The molecule has 7 nitrogen and oxygen atoms in total. The van der Waals surface area contributed by atoms with Crippen LogP contribution < -0.4 is 15.2 Å². The fraction of sp³-hybridized carbons (Fsp3) is 0.353. The van der Waals surface area contributed by atoms with Crippen molar-refractivity contribution in [1.29, 1.82) is 0 Å². The number of ether oxygens (including phenoxy) is 1. The first kappa shape index (κ1) is 27.1. The highest BCUT2D eigenvalue weighted by molar-refractivity contribution is 7.18. The van der Waals surface area contributed by atoms with Crippen molar-refractivity contribution in [2.24, 2.45) is 0 Å². The van der Waals surface area contributed by atoms with Crippen molar-refractivity contribution in [2.75, 3.05) is 57.8 Å². The molecule has 3 aromatic carbocycles. The number of thiophene rings is 1. The number of nitrogens with zero attached hydrogens (tertiary/aromatic N) is 5. The second-order valence-electron chi connectivity index (χ2n) is 11.4. The fourth-order valence-corrected chi connectivity index (χ4v) is 7.67. The van der Waals surface area contributed by atoms with Gasteiger partial charge in [0.1, 0.15) is 10.6 Å². The van der Waals surface area contributed by atoms with E-state index in [4.69, 9.17) is 9.72 Å². The van der Waals surface area contributed by atoms with Gasteiger partial charge >= 0.3 is 0 Å². The number of hydrogen-bond acceptors (Lipinski definition) is 7. The van der Waals surface area contributed by atoms with E-state index < -0.39 is 0 Å². The molecule has 0 radical (unpaired) electrons. The highest BCUT2D eigenvalue weighted by atomic mass is 32.1. The van der Waals surface area contributed by atoms with Gasteiger partial charge in [0.2, 0.25) is 0 Å². The average molecular weight is 580 g/mol. The third-order valence-electron chi connectivity index (χ3n) is 8.92. The Labute approximate surface area is 250 Å². The first-order valence-electron chi connectivity index (χ1n) is 15.0. The number of anilines is 1. The van der Waals surface area contributed by atoms with E-state index in [0.717, 1.165) is 81.2 Å². The maximum absolute atomic E-state index is 13.6. The lowest BCUT2D eigenvalue weighted by molar-refractivity contribution is 0.247. The van der Waals surface area contributed by atoms with Gasteiger partial charge in [-0.25, -0.2) is 4.98 Å². The molecular formula is C34H37N5O2S. The Morgan fingerprint density at radius 3 is 2.50 bits per heavy atom. The Balaban J connectivity index is 0.972. The summed E-state index contributed by atoms with van der Waals surface area (Å²) in [5.74, 6) is 0.893. The van der Waals surface area contributed by atoms with Crippen LogP contribution in [0.3, 0.4) is 0 Å². The molecule has 0 bridgehead atoms. The zero-order valence-corrected chi connectivity index (χ0v) is 25.0. The molecule has 0 atom stereocenters. The number of methoxy groups -OCH3 is 1. The molecule has 0 unspecified atom stereocenters. The Morgan fingerprint density at radius 1 is 0.857 bits per heavy atom. The van der Waals surface area contributed by atoms with Crippen LogP contribution in [0.15, 0.2) is 77.9 Å². The Morgan fingerprint density at radius 2 is 1.67 bits per heavy atom. The van der Waals surface area contributed by atoms with Gasteiger partial charge in [0.25, 0.3) is 5.56 Å². The third kappa shape index (κ3) is 5.42. The molecule has 2 aromatic heterocycles. The summed E-state index contributed by atoms with van der Waals surface area (Å²) < 4.78 is 7.12. The quantitative estimate of drug-likeness (QED) is 0.257. The summed E-state index contributed by atoms with van der Waals surface area (Å²) >= 11 is 1.70. The van der Waals surface area contributed by atoms with Crippen molar-refractivity contribution >= 4 is 38.0 Å². The maximum atomic E-state index is 13.6. The van der Waals surface area contributed by atoms with Gasteiger partial charge in [-0.1, -0.05) is 48.5 Å². The summed E-state index contributed by atoms with van der Waals surface area (Å²) in [6.07, 6.45) is 3.68. The normalized spacial score (nSPS) is 16.3. The topological polar surface area (TPSA) is 53.8 Å². The minimum atomic E-state index is 0.124. The molecule has 0 spiro atoms. The summed E-state index contributed by atoms with van der Waals surface area (Å²) in [6.45, 7) is 8.39. The summed E-state index contributed by atoms with van der Waals surface area (Å²) in [5, 5.41) is 3.46. The van der Waals surface area contributed by atoms with Crippen LogP contribution in [0.25, 0.3) is 21.0 Å². The lowest BCUT2D eigenvalue weighted by Crippen LogP contribution is -2.47. The molecule has 0 N–H and O–H groups in total. The molecule has 1 fully saturated rings. The van der Waals surface area contributed by atoms with Crippen LogP contribution in [0.5, 0.6) is 5.75 Å². The standard InChI is InChI=1S/C34H37N5O2S/c1-41-27-11-9-25(10-12-27)13-15-37-16-14-29-31(23-37)42-33-32(29)34(40)39(24-35-33)22-19-36-17-20-38(21-18-36)30-8-4-6-26-5-2-3-7-28(26)30/h2-12,24H,13-23H2,1H3. The summed E-state index contributed by atoms with van der Waals surface area (Å²) in [5.41, 5.74) is 3.99. The number of fused-ring (bicyclic) bond motifs is 4. The van der Waals surface area contributed by atoms with Gasteiger partial charge in [-0.05, 0) is 47.6 Å². The Bertz CT molecular complexity index is 1750. The summed E-state index contributed by atoms with van der Waals surface area (Å²) in [4.78, 5) is 28.0. The van der Waals surface area contributed by atoms with Crippen LogP contribution in [-0.4, -0.2) is 72.3 Å². The average Bonchev–Trinajstić information content (AvgIpc) is 3.42. The first-order valence-corrected chi connectivity index (χ1v) is 15.8. The van der Waals surface area contributed by atoms with Gasteiger partial charge < -0.3 is 9.64 Å². The number of aromatic nitrogens is 2. The SMILES string of the molecule is COc1ccc(CCN2CCc3c(sc4ncn(CCN5CCN(c6cccc7ccccc67)CC5)c(=O)c34)C2)cc1. The second kappa shape index (κ2) is 11.9. The monoisotopic (exact) mass is 579 g/mol. The van der Waals surface area contributed by atoms with Crippen LogP contribution >= 0.6 is 11.3 Å². The van der Waals surface area contributed by atoms with Crippen LogP contribution in [0, 0.1) is 0 Å². The molecule has 2 aliphatic rings. The van der Waals surface area contributed by atoms with E-state index in [1.54, 1.807) is 24.8 Å². The molecule has 8 heteroatoms. The predicted octanol–water partition coefficient (Wildman–Crippen LogP) is 5.04. The largest absolute Gasteiger partial charge is 0.497 e. The van der Waals surface area contributed by atoms with E-state index in [-0.39, 0.29) is 5.56 Å². The molecule has 5 aromatic rings. The zero-order valence-electron chi connectivity index (χ0n) is 24.2. The molecule has 4 heterocycles. The van der Waals surface area contributed by atoms with Gasteiger partial charge in [-0.15, -0.1) is 11.3 Å². The van der Waals surface area contributed by atoms with Gasteiger partial charge in [-0.2, -0.15) is 0 Å². The molecular weight excluding hydrogens is 542 g/mol. The van der Waals surface area contributed by atoms with E-state index in [0.29, 0.717) is 6.54 Å². The van der Waals surface area contributed by atoms with E-state index in [1.807, 2.05) is 16.7 Å². The molecule has 0 aliphatic carbocycles. The van der Waals surface area contributed by atoms with Crippen LogP contribution in [0.4, 0.5) is 5.69 Å². The lowest BCUT2D eigenvalue weighted by Gasteiger charge is -2.36. The lowest BCUT2D eigenvalue weighted by atomic mass is 10.0. The molecule has 2 aliphatic heterocycles. The van der Waals surface area contributed by atoms with Crippen molar-refractivity contribution in [2.45, 2.75) is 25.9 Å². The maximum Gasteiger partial charge on any atom is 0.262 e. The van der Waals surface area contributed by atoms with Crippen molar-refractivity contribution < 1.29 is 4.74 Å². The number of piperazine rings is 1. The highest BCUT2D eigenvalue weighted by Gasteiger charge is 2.24. The van der Waals surface area contributed by atoms with Gasteiger partial charge in [0, 0.05) is 74.9 Å². The van der Waals surface area contributed by atoms with Crippen LogP contribution in [0.2, 0.25) is 0 Å². The molecule has 42 heavy (non-hydrogen) atoms.